The predicted octanol–water partition coefficient (Wildman–Crippen LogP) is 3.27. The summed E-state index contributed by atoms with van der Waals surface area (Å²) < 4.78 is 18.1. The number of hydrogen-bond acceptors (Lipinski definition) is 2. The topological polar surface area (TPSA) is 26.3 Å². The van der Waals surface area contributed by atoms with Crippen LogP contribution in [0.3, 0.4) is 0 Å². The van der Waals surface area contributed by atoms with Crippen LogP contribution in [0.25, 0.3) is 0 Å². The lowest BCUT2D eigenvalue weighted by molar-refractivity contribution is 0.0600. The van der Waals surface area contributed by atoms with E-state index in [2.05, 4.69) is 36.6 Å². The molecule has 0 amide bonds. The molecule has 0 aliphatic rings. The Morgan fingerprint density at radius 3 is 2.71 bits per heavy atom. The van der Waals surface area contributed by atoms with Gasteiger partial charge < -0.3 is 4.74 Å². The zero-order valence-corrected chi connectivity index (χ0v) is 10.5. The van der Waals surface area contributed by atoms with E-state index in [-0.39, 0.29) is 5.56 Å². The van der Waals surface area contributed by atoms with Crippen LogP contribution in [-0.2, 0) is 10.1 Å². The molecule has 1 rings (SSSR count). The second-order valence-corrected chi connectivity index (χ2v) is 3.91. The second kappa shape index (κ2) is 4.89. The lowest BCUT2D eigenvalue weighted by Gasteiger charge is -2.05. The van der Waals surface area contributed by atoms with Crippen molar-refractivity contribution in [2.24, 2.45) is 0 Å². The fraction of sp³-hybridized carbons (Fsp3) is 0.222. The normalized spacial score (nSPS) is 10.0. The van der Waals surface area contributed by atoms with Crippen LogP contribution < -0.4 is 0 Å². The summed E-state index contributed by atoms with van der Waals surface area (Å²) in [5, 5.41) is 0.468. The molecule has 14 heavy (non-hydrogen) atoms. The van der Waals surface area contributed by atoms with Crippen molar-refractivity contribution in [3.63, 3.8) is 0 Å². The van der Waals surface area contributed by atoms with Crippen molar-refractivity contribution >= 4 is 37.8 Å². The lowest BCUT2D eigenvalue weighted by Crippen LogP contribution is -2.03. The van der Waals surface area contributed by atoms with Crippen LogP contribution in [0.4, 0.5) is 4.39 Å². The Morgan fingerprint density at radius 2 is 2.21 bits per heavy atom. The average Bonchev–Trinajstić information content (AvgIpc) is 2.20. The van der Waals surface area contributed by atoms with Crippen molar-refractivity contribution in [3.8, 4) is 0 Å². The number of halogens is 3. The first-order valence-electron chi connectivity index (χ1n) is 3.72. The summed E-state index contributed by atoms with van der Waals surface area (Å²) in [5.74, 6) is -1.01. The summed E-state index contributed by atoms with van der Waals surface area (Å²) in [6.07, 6.45) is 0. The van der Waals surface area contributed by atoms with Gasteiger partial charge in [-0.2, -0.15) is 0 Å². The molecule has 0 saturated carbocycles. The number of carbonyl (C=O) groups excluding carboxylic acids is 1. The van der Waals surface area contributed by atoms with Crippen molar-refractivity contribution in [2.45, 2.75) is 5.33 Å². The van der Waals surface area contributed by atoms with Crippen LogP contribution in [0.1, 0.15) is 15.9 Å². The van der Waals surface area contributed by atoms with Gasteiger partial charge in [0.25, 0.3) is 0 Å². The molecule has 0 aliphatic carbocycles. The first kappa shape index (κ1) is 11.7. The number of rotatable bonds is 2. The van der Waals surface area contributed by atoms with Crippen LogP contribution in [0, 0.1) is 5.82 Å². The average molecular weight is 326 g/mol. The Kier molecular flexibility index (Phi) is 4.07. The summed E-state index contributed by atoms with van der Waals surface area (Å²) in [6, 6.07) is 2.72. The molecule has 0 spiro atoms. The van der Waals surface area contributed by atoms with Crippen molar-refractivity contribution in [1.82, 2.24) is 0 Å². The Balaban J connectivity index is 3.22. The number of methoxy groups -OCH3 is 1. The van der Waals surface area contributed by atoms with E-state index < -0.39 is 11.8 Å². The van der Waals surface area contributed by atoms with Crippen LogP contribution in [0.2, 0.25) is 0 Å². The summed E-state index contributed by atoms with van der Waals surface area (Å²) in [7, 11) is 1.26. The van der Waals surface area contributed by atoms with Gasteiger partial charge in [0.2, 0.25) is 0 Å². The minimum atomic E-state index is -0.543. The number of esters is 1. The van der Waals surface area contributed by atoms with Crippen LogP contribution >= 0.6 is 31.9 Å². The van der Waals surface area contributed by atoms with E-state index in [1.807, 2.05) is 0 Å². The van der Waals surface area contributed by atoms with Gasteiger partial charge in [0.15, 0.2) is 0 Å². The van der Waals surface area contributed by atoms with Gasteiger partial charge in [-0.3, -0.25) is 0 Å². The number of carbonyl (C=O) groups is 1. The molecule has 0 fully saturated rings. The van der Waals surface area contributed by atoms with Crippen molar-refractivity contribution in [2.75, 3.05) is 7.11 Å². The second-order valence-electron chi connectivity index (χ2n) is 2.56. The zero-order valence-electron chi connectivity index (χ0n) is 7.31. The largest absolute Gasteiger partial charge is 0.465 e. The summed E-state index contributed by atoms with van der Waals surface area (Å²) in [6.45, 7) is 0. The van der Waals surface area contributed by atoms with Crippen LogP contribution in [0.5, 0.6) is 0 Å². The van der Waals surface area contributed by atoms with Crippen LogP contribution in [-0.4, -0.2) is 13.1 Å². The minimum Gasteiger partial charge on any atom is -0.465 e. The Labute approximate surface area is 97.7 Å². The fourth-order valence-corrected chi connectivity index (χ4v) is 2.17. The monoisotopic (exact) mass is 324 g/mol. The quantitative estimate of drug-likeness (QED) is 0.616. The molecule has 0 saturated heterocycles. The van der Waals surface area contributed by atoms with Gasteiger partial charge in [-0.25, -0.2) is 9.18 Å². The maximum Gasteiger partial charge on any atom is 0.337 e. The number of hydrogen-bond donors (Lipinski definition) is 0. The maximum absolute atomic E-state index is 13.2. The molecule has 1 aromatic carbocycles. The van der Waals surface area contributed by atoms with E-state index in [0.29, 0.717) is 15.4 Å². The highest BCUT2D eigenvalue weighted by Gasteiger charge is 2.12. The highest BCUT2D eigenvalue weighted by Crippen LogP contribution is 2.24. The Hall–Kier alpha value is -0.420. The van der Waals surface area contributed by atoms with Gasteiger partial charge in [0.05, 0.1) is 17.1 Å². The van der Waals surface area contributed by atoms with E-state index in [1.165, 1.54) is 7.11 Å². The van der Waals surface area contributed by atoms with Gasteiger partial charge in [-0.1, -0.05) is 15.9 Å². The molecular weight excluding hydrogens is 319 g/mol. The Morgan fingerprint density at radius 1 is 1.57 bits per heavy atom. The van der Waals surface area contributed by atoms with E-state index in [0.717, 1.165) is 6.07 Å². The highest BCUT2D eigenvalue weighted by atomic mass is 79.9. The summed E-state index contributed by atoms with van der Waals surface area (Å²) in [5.41, 5.74) is 0.882. The fourth-order valence-electron chi connectivity index (χ4n) is 0.979. The first-order chi connectivity index (χ1) is 6.60. The molecule has 76 valence electrons. The predicted molar refractivity (Wildman–Crippen MR) is 58.1 cm³/mol. The Bertz CT molecular complexity index is 366. The minimum absolute atomic E-state index is 0.211. The highest BCUT2D eigenvalue weighted by molar-refractivity contribution is 9.10. The lowest BCUT2D eigenvalue weighted by atomic mass is 10.1. The summed E-state index contributed by atoms with van der Waals surface area (Å²) in [4.78, 5) is 11.1. The SMILES string of the molecule is COC(=O)c1cc(F)c(Br)c(CBr)c1. The molecule has 0 heterocycles. The third kappa shape index (κ3) is 2.33. The molecule has 0 aromatic heterocycles. The zero-order chi connectivity index (χ0) is 10.7. The molecule has 0 N–H and O–H groups in total. The van der Waals surface area contributed by atoms with Crippen molar-refractivity contribution in [3.05, 3.63) is 33.5 Å². The van der Waals surface area contributed by atoms with Gasteiger partial charge in [-0.15, -0.1) is 0 Å². The van der Waals surface area contributed by atoms with Gasteiger partial charge in [0.1, 0.15) is 5.82 Å². The van der Waals surface area contributed by atoms with Gasteiger partial charge >= 0.3 is 5.97 Å². The van der Waals surface area contributed by atoms with Gasteiger partial charge in [0, 0.05) is 5.33 Å². The van der Waals surface area contributed by atoms with Crippen molar-refractivity contribution < 1.29 is 13.9 Å². The molecule has 0 radical (unpaired) electrons. The molecule has 0 aliphatic heterocycles. The molecule has 1 aromatic rings. The van der Waals surface area contributed by atoms with Gasteiger partial charge in [-0.05, 0) is 33.6 Å². The third-order valence-electron chi connectivity index (χ3n) is 1.67. The van der Waals surface area contributed by atoms with Crippen molar-refractivity contribution in [1.29, 1.82) is 0 Å². The van der Waals surface area contributed by atoms with E-state index in [9.17, 15) is 9.18 Å². The molecule has 0 unspecified atom stereocenters. The molecule has 5 heteroatoms. The third-order valence-corrected chi connectivity index (χ3v) is 3.16. The smallest absolute Gasteiger partial charge is 0.337 e. The first-order valence-corrected chi connectivity index (χ1v) is 5.63. The molecular formula is C9H7Br2FO2. The van der Waals surface area contributed by atoms with E-state index in [1.54, 1.807) is 6.07 Å². The van der Waals surface area contributed by atoms with E-state index >= 15 is 0 Å². The molecule has 0 atom stereocenters. The molecule has 2 nitrogen and oxygen atoms in total. The number of alkyl halides is 1. The maximum atomic E-state index is 13.2. The summed E-state index contributed by atoms with van der Waals surface area (Å²) >= 11 is 6.29. The number of benzene rings is 1. The molecule has 0 bridgehead atoms. The standard InChI is InChI=1S/C9H7Br2FO2/c1-14-9(13)5-2-6(4-10)8(11)7(12)3-5/h2-3H,4H2,1H3. The van der Waals surface area contributed by atoms with Crippen LogP contribution in [0.15, 0.2) is 16.6 Å². The van der Waals surface area contributed by atoms with E-state index in [4.69, 9.17) is 0 Å². The number of ether oxygens (including phenoxy) is 1.